The molecule has 14 nitrogen and oxygen atoms in total. The highest BCUT2D eigenvalue weighted by molar-refractivity contribution is 5.13. The molecule has 0 N–H and O–H groups in total. The standard InChI is InChI=1S/4C7H9N.5C6H8N2.9C2H6/c1-6-3-4-8-7(2)5-6;2*1-6-3-4-7(2)8-5-6;1-6-4-3-5-7(2)8-6;1-5-3-6(2)8-4-7-5;2*1-5-3-7-6(2)8-4-5;2*1-5-3-4-7-6(2)8-5;9*1-2/h4*3-5H,1-2H3;5*3-4H,1-2H3;9*1-2H3. The lowest BCUT2D eigenvalue weighted by atomic mass is 10.3. The molecule has 0 atom stereocenters. The molecule has 9 aromatic rings. The first-order chi connectivity index (χ1) is 43.1. The van der Waals surface area contributed by atoms with Crippen LogP contribution in [-0.2, 0) is 0 Å². The van der Waals surface area contributed by atoms with E-state index in [0.29, 0.717) is 0 Å². The van der Waals surface area contributed by atoms with Gasteiger partial charge in [-0.3, -0.25) is 19.9 Å². The van der Waals surface area contributed by atoms with Gasteiger partial charge in [0.25, 0.3) is 0 Å². The van der Waals surface area contributed by atoms with Crippen LogP contribution in [0.15, 0.2) is 135 Å². The molecule has 0 bridgehead atoms. The summed E-state index contributed by atoms with van der Waals surface area (Å²) in [4.78, 5) is 56.1. The van der Waals surface area contributed by atoms with Crippen LogP contribution in [0.25, 0.3) is 0 Å². The molecule has 0 amide bonds. The highest BCUT2D eigenvalue weighted by Crippen LogP contribution is 1.99. The van der Waals surface area contributed by atoms with Crippen molar-refractivity contribution in [2.24, 2.45) is 0 Å². The molecule has 9 heterocycles. The zero-order valence-corrected chi connectivity index (χ0v) is 64.0. The van der Waals surface area contributed by atoms with Gasteiger partial charge < -0.3 is 0 Å². The third-order valence-electron chi connectivity index (χ3n) is 8.79. The van der Waals surface area contributed by atoms with Crippen LogP contribution < -0.4 is 0 Å². The lowest BCUT2D eigenvalue weighted by Crippen LogP contribution is -1.86. The van der Waals surface area contributed by atoms with Gasteiger partial charge in [-0.05, 0) is 207 Å². The largest absolute Gasteiger partial charge is 0.262 e. The van der Waals surface area contributed by atoms with Gasteiger partial charge in [0.2, 0.25) is 0 Å². The highest BCUT2D eigenvalue weighted by Gasteiger charge is 1.88. The number of hydrogen-bond donors (Lipinski definition) is 0. The average Bonchev–Trinajstić information content (AvgIpc) is 3.56. The molecular formula is C76H130N14. The maximum absolute atomic E-state index is 4.17. The molecule has 0 saturated carbocycles. The van der Waals surface area contributed by atoms with Crippen molar-refractivity contribution in [2.45, 2.75) is 249 Å². The fraction of sp³-hybridized carbons (Fsp3) is 0.474. The SMILES string of the molecule is CC.CC.CC.CC.CC.CC.CC.CC.CC.Cc1cc(C)ncn1.Cc1ccc(C)nc1.Cc1ccc(C)nc1.Cc1cccc(C)n1.Cc1ccnc(C)c1.Cc1ccnc(C)n1.Cc1ccnc(C)n1.Cc1cnc(C)nc1.Cc1cnc(C)nc1. The summed E-state index contributed by atoms with van der Waals surface area (Å²) < 4.78 is 0. The molecule has 504 valence electrons. The number of rotatable bonds is 0. The molecule has 0 aromatic carbocycles. The van der Waals surface area contributed by atoms with Gasteiger partial charge in [0, 0.05) is 107 Å². The molecule has 0 radical (unpaired) electrons. The van der Waals surface area contributed by atoms with Crippen LogP contribution in [0.5, 0.6) is 0 Å². The molecule has 0 aliphatic carbocycles. The van der Waals surface area contributed by atoms with Crippen molar-refractivity contribution in [1.29, 1.82) is 0 Å². The monoisotopic (exact) mass is 1240 g/mol. The van der Waals surface area contributed by atoms with Crippen LogP contribution in [0.3, 0.4) is 0 Å². The minimum atomic E-state index is 0.829. The van der Waals surface area contributed by atoms with E-state index in [-0.39, 0.29) is 0 Å². The number of nitrogens with zero attached hydrogens (tertiary/aromatic N) is 14. The first-order valence-electron chi connectivity index (χ1n) is 32.5. The van der Waals surface area contributed by atoms with E-state index in [1.54, 1.807) is 18.7 Å². The lowest BCUT2D eigenvalue weighted by molar-refractivity contribution is 1.01. The highest BCUT2D eigenvalue weighted by atomic mass is 14.9. The predicted molar refractivity (Wildman–Crippen MR) is 395 cm³/mol. The van der Waals surface area contributed by atoms with Crippen molar-refractivity contribution in [3.63, 3.8) is 0 Å². The Morgan fingerprint density at radius 2 is 0.478 bits per heavy atom. The smallest absolute Gasteiger partial charge is 0.125 e. The van der Waals surface area contributed by atoms with Crippen molar-refractivity contribution in [1.82, 2.24) is 69.8 Å². The third kappa shape index (κ3) is 74.3. The Hall–Kier alpha value is -8.00. The molecule has 14 heteroatoms. The van der Waals surface area contributed by atoms with Gasteiger partial charge in [0.05, 0.1) is 0 Å². The molecule has 0 unspecified atom stereocenters. The summed E-state index contributed by atoms with van der Waals surface area (Å²) >= 11 is 0. The second-order valence-corrected chi connectivity index (χ2v) is 16.8. The maximum Gasteiger partial charge on any atom is 0.125 e. The summed E-state index contributed by atoms with van der Waals surface area (Å²) in [5, 5.41) is 0. The summed E-state index contributed by atoms with van der Waals surface area (Å²) in [5.41, 5.74) is 15.5. The Balaban J connectivity index is -0.000000113. The molecule has 0 saturated heterocycles. The van der Waals surface area contributed by atoms with Crippen LogP contribution >= 0.6 is 0 Å². The average molecular weight is 1240 g/mol. The van der Waals surface area contributed by atoms with Gasteiger partial charge in [-0.2, -0.15) is 0 Å². The van der Waals surface area contributed by atoms with E-state index in [1.165, 1.54) is 16.7 Å². The summed E-state index contributed by atoms with van der Waals surface area (Å²) in [6.07, 6.45) is 17.9. The van der Waals surface area contributed by atoms with E-state index in [0.717, 1.165) is 85.7 Å². The number of aromatic nitrogens is 14. The fourth-order valence-corrected chi connectivity index (χ4v) is 5.10. The normalized spacial score (nSPS) is 8.00. The van der Waals surface area contributed by atoms with Crippen LogP contribution in [0, 0.1) is 125 Å². The zero-order valence-electron chi connectivity index (χ0n) is 64.0. The van der Waals surface area contributed by atoms with Gasteiger partial charge in [-0.25, -0.2) is 49.8 Å². The first kappa shape index (κ1) is 101. The minimum Gasteiger partial charge on any atom is -0.262 e. The second kappa shape index (κ2) is 77.1. The van der Waals surface area contributed by atoms with Gasteiger partial charge in [-0.1, -0.05) is 143 Å². The van der Waals surface area contributed by atoms with E-state index < -0.39 is 0 Å². The Kier molecular flexibility index (Phi) is 86.5. The van der Waals surface area contributed by atoms with Crippen molar-refractivity contribution in [2.75, 3.05) is 0 Å². The van der Waals surface area contributed by atoms with E-state index in [1.807, 2.05) is 340 Å². The number of pyridine rings is 4. The quantitative estimate of drug-likeness (QED) is 0.140. The molecule has 0 fully saturated rings. The van der Waals surface area contributed by atoms with Gasteiger partial charge in [0.1, 0.15) is 29.6 Å². The first-order valence-corrected chi connectivity index (χ1v) is 32.5. The summed E-state index contributed by atoms with van der Waals surface area (Å²) in [7, 11) is 0. The molecule has 9 rings (SSSR count). The van der Waals surface area contributed by atoms with E-state index >= 15 is 0 Å². The Morgan fingerprint density at radius 1 is 0.189 bits per heavy atom. The van der Waals surface area contributed by atoms with Gasteiger partial charge in [-0.15, -0.1) is 0 Å². The minimum absolute atomic E-state index is 0.829. The molecular weight excluding hydrogens is 1110 g/mol. The number of hydrogen-bond acceptors (Lipinski definition) is 14. The topological polar surface area (TPSA) is 180 Å². The van der Waals surface area contributed by atoms with Gasteiger partial charge >= 0.3 is 0 Å². The van der Waals surface area contributed by atoms with Gasteiger partial charge in [0.15, 0.2) is 0 Å². The second-order valence-electron chi connectivity index (χ2n) is 16.8. The number of aryl methyl sites for hydroxylation is 18. The van der Waals surface area contributed by atoms with E-state index in [2.05, 4.69) is 94.9 Å². The predicted octanol–water partition coefficient (Wildman–Crippen LogP) is 21.5. The molecule has 0 aliphatic heterocycles. The zero-order chi connectivity index (χ0) is 71.8. The summed E-state index contributed by atoms with van der Waals surface area (Å²) in [6, 6.07) is 23.9. The van der Waals surface area contributed by atoms with Crippen molar-refractivity contribution in [3.8, 4) is 0 Å². The van der Waals surface area contributed by atoms with Crippen LogP contribution in [-0.4, -0.2) is 69.8 Å². The Labute approximate surface area is 553 Å². The van der Waals surface area contributed by atoms with Crippen LogP contribution in [0.1, 0.15) is 227 Å². The summed E-state index contributed by atoms with van der Waals surface area (Å²) in [6.45, 7) is 71.4. The third-order valence-corrected chi connectivity index (χ3v) is 8.79. The van der Waals surface area contributed by atoms with Crippen LogP contribution in [0.2, 0.25) is 0 Å². The molecule has 9 aromatic heterocycles. The van der Waals surface area contributed by atoms with Crippen molar-refractivity contribution < 1.29 is 0 Å². The van der Waals surface area contributed by atoms with Crippen molar-refractivity contribution in [3.05, 3.63) is 237 Å². The summed E-state index contributed by atoms with van der Waals surface area (Å²) in [5.74, 6) is 3.33. The van der Waals surface area contributed by atoms with Crippen LogP contribution in [0.4, 0.5) is 0 Å². The van der Waals surface area contributed by atoms with E-state index in [9.17, 15) is 0 Å². The van der Waals surface area contributed by atoms with Crippen molar-refractivity contribution >= 4 is 0 Å². The fourth-order valence-electron chi connectivity index (χ4n) is 5.10. The molecule has 0 spiro atoms. The lowest BCUT2D eigenvalue weighted by Gasteiger charge is -1.90. The Morgan fingerprint density at radius 3 is 0.656 bits per heavy atom. The molecule has 90 heavy (non-hydrogen) atoms. The molecule has 0 aliphatic rings. The Bertz CT molecular complexity index is 2230. The maximum atomic E-state index is 4.17. The van der Waals surface area contributed by atoms with E-state index in [4.69, 9.17) is 0 Å².